The fourth-order valence-electron chi connectivity index (χ4n) is 3.12. The molecule has 2 heterocycles. The van der Waals surface area contributed by atoms with E-state index in [0.717, 1.165) is 33.2 Å². The Labute approximate surface area is 190 Å². The predicted molar refractivity (Wildman–Crippen MR) is 117 cm³/mol. The quantitative estimate of drug-likeness (QED) is 0.168. The summed E-state index contributed by atoms with van der Waals surface area (Å²) in [7, 11) is 0. The summed E-state index contributed by atoms with van der Waals surface area (Å²) < 4.78 is 6.07. The van der Waals surface area contributed by atoms with Gasteiger partial charge in [0.1, 0.15) is 5.58 Å². The molecular formula is C25H24NO3Pt-. The van der Waals surface area contributed by atoms with Crippen molar-refractivity contribution in [2.24, 2.45) is 0 Å². The summed E-state index contributed by atoms with van der Waals surface area (Å²) in [5, 5.41) is 10.6. The molecule has 158 valence electrons. The topological polar surface area (TPSA) is 63.3 Å². The van der Waals surface area contributed by atoms with Crippen LogP contribution in [-0.4, -0.2) is 15.9 Å². The maximum Gasteiger partial charge on any atom is 0.155 e. The second kappa shape index (κ2) is 10.4. The average molecular weight is 582 g/mol. The number of fused-ring (bicyclic) bond motifs is 3. The summed E-state index contributed by atoms with van der Waals surface area (Å²) in [6.07, 6.45) is 3.03. The number of aliphatic hydroxyl groups excluding tert-OH is 1. The number of aliphatic hydroxyl groups is 1. The van der Waals surface area contributed by atoms with E-state index < -0.39 is 0 Å². The number of carbonyl (C=O) groups excluding carboxylic acids is 1. The molecule has 30 heavy (non-hydrogen) atoms. The van der Waals surface area contributed by atoms with E-state index in [9.17, 15) is 4.79 Å². The molecule has 0 aliphatic carbocycles. The maximum atomic E-state index is 10.0. The summed E-state index contributed by atoms with van der Waals surface area (Å²) in [4.78, 5) is 14.5. The van der Waals surface area contributed by atoms with E-state index in [1.54, 1.807) is 0 Å². The van der Waals surface area contributed by atoms with Gasteiger partial charge in [-0.3, -0.25) is 4.79 Å². The molecule has 2 aromatic heterocycles. The summed E-state index contributed by atoms with van der Waals surface area (Å²) in [6.45, 7) is 7.22. The number of para-hydroxylation sites is 1. The number of allylic oxidation sites excluding steroid dienone is 2. The molecule has 2 aromatic carbocycles. The van der Waals surface area contributed by atoms with E-state index in [-0.39, 0.29) is 32.6 Å². The first-order valence-corrected chi connectivity index (χ1v) is 9.53. The van der Waals surface area contributed by atoms with Gasteiger partial charge < -0.3 is 14.5 Å². The van der Waals surface area contributed by atoms with E-state index in [4.69, 9.17) is 9.52 Å². The van der Waals surface area contributed by atoms with Crippen LogP contribution in [0.5, 0.6) is 0 Å². The Morgan fingerprint density at radius 2 is 1.87 bits per heavy atom. The monoisotopic (exact) mass is 581 g/mol. The van der Waals surface area contributed by atoms with Gasteiger partial charge in [0.15, 0.2) is 5.78 Å². The van der Waals surface area contributed by atoms with Gasteiger partial charge in [0.2, 0.25) is 0 Å². The molecule has 0 aliphatic rings. The number of hydrogen-bond acceptors (Lipinski definition) is 4. The van der Waals surface area contributed by atoms with Crippen molar-refractivity contribution in [1.29, 1.82) is 0 Å². The van der Waals surface area contributed by atoms with Gasteiger partial charge in [0.05, 0.1) is 11.3 Å². The Morgan fingerprint density at radius 3 is 2.50 bits per heavy atom. The third-order valence-electron chi connectivity index (χ3n) is 4.46. The number of nitrogens with zero attached hydrogens (tertiary/aromatic N) is 1. The molecule has 4 aromatic rings. The van der Waals surface area contributed by atoms with Crippen LogP contribution in [0.15, 0.2) is 71.0 Å². The minimum Gasteiger partial charge on any atom is -0.512 e. The van der Waals surface area contributed by atoms with Gasteiger partial charge in [0, 0.05) is 38.7 Å². The van der Waals surface area contributed by atoms with Crippen molar-refractivity contribution in [1.82, 2.24) is 4.98 Å². The summed E-state index contributed by atoms with van der Waals surface area (Å²) in [6, 6.07) is 19.6. The Balaban J connectivity index is 0.000000350. The Morgan fingerprint density at radius 1 is 1.13 bits per heavy atom. The third kappa shape index (κ3) is 5.46. The second-order valence-corrected chi connectivity index (χ2v) is 7.22. The molecule has 0 atom stereocenters. The molecule has 0 saturated heterocycles. The second-order valence-electron chi connectivity index (χ2n) is 7.22. The molecule has 4 rings (SSSR count). The van der Waals surface area contributed by atoms with E-state index >= 15 is 0 Å². The van der Waals surface area contributed by atoms with Gasteiger partial charge in [-0.2, -0.15) is 0 Å². The van der Waals surface area contributed by atoms with E-state index in [1.165, 1.54) is 25.5 Å². The SMILES string of the molecule is CC(=O)/C=C(/C)O.CC(C)c1ccnc(-c2[c-]ccc3c2oc2ccccc23)c1.[Pt]. The van der Waals surface area contributed by atoms with Crippen LogP contribution in [0.4, 0.5) is 0 Å². The summed E-state index contributed by atoms with van der Waals surface area (Å²) >= 11 is 0. The number of furan rings is 1. The Kier molecular flexibility index (Phi) is 8.14. The van der Waals surface area contributed by atoms with Gasteiger partial charge in [-0.05, 0) is 37.6 Å². The van der Waals surface area contributed by atoms with Gasteiger partial charge in [-0.1, -0.05) is 54.6 Å². The van der Waals surface area contributed by atoms with Crippen molar-refractivity contribution < 1.29 is 35.4 Å². The fraction of sp³-hybridized carbons (Fsp3) is 0.200. The average Bonchev–Trinajstić information content (AvgIpc) is 3.06. The number of aromatic nitrogens is 1. The molecule has 0 bridgehead atoms. The van der Waals surface area contributed by atoms with E-state index in [2.05, 4.69) is 49.2 Å². The van der Waals surface area contributed by atoms with Crippen LogP contribution >= 0.6 is 0 Å². The van der Waals surface area contributed by atoms with E-state index in [1.807, 2.05) is 30.5 Å². The number of carbonyl (C=O) groups is 1. The smallest absolute Gasteiger partial charge is 0.155 e. The van der Waals surface area contributed by atoms with Crippen LogP contribution < -0.4 is 0 Å². The van der Waals surface area contributed by atoms with Crippen molar-refractivity contribution in [2.45, 2.75) is 33.6 Å². The number of pyridine rings is 1. The van der Waals surface area contributed by atoms with Crippen molar-refractivity contribution in [2.75, 3.05) is 0 Å². The number of hydrogen-bond donors (Lipinski definition) is 1. The zero-order chi connectivity index (χ0) is 21.0. The van der Waals surface area contributed by atoms with Gasteiger partial charge in [0.25, 0.3) is 0 Å². The van der Waals surface area contributed by atoms with Crippen LogP contribution in [0.25, 0.3) is 33.2 Å². The molecule has 0 amide bonds. The molecule has 0 radical (unpaired) electrons. The van der Waals surface area contributed by atoms with Crippen LogP contribution in [0.1, 0.15) is 39.2 Å². The Bertz CT molecular complexity index is 1190. The fourth-order valence-corrected chi connectivity index (χ4v) is 3.12. The van der Waals surface area contributed by atoms with Crippen molar-refractivity contribution in [3.05, 3.63) is 78.2 Å². The molecule has 1 N–H and O–H groups in total. The van der Waals surface area contributed by atoms with Crippen LogP contribution in [0, 0.1) is 6.07 Å². The molecule has 0 spiro atoms. The molecule has 5 heteroatoms. The van der Waals surface area contributed by atoms with Crippen LogP contribution in [-0.2, 0) is 25.9 Å². The van der Waals surface area contributed by atoms with Crippen molar-refractivity contribution >= 4 is 27.7 Å². The maximum absolute atomic E-state index is 10.0. The van der Waals surface area contributed by atoms with Crippen LogP contribution in [0.3, 0.4) is 0 Å². The number of ketones is 1. The molecule has 0 fully saturated rings. The number of benzene rings is 2. The van der Waals surface area contributed by atoms with Crippen molar-refractivity contribution in [3.8, 4) is 11.3 Å². The summed E-state index contributed by atoms with van der Waals surface area (Å²) in [5.74, 6) is 0.407. The zero-order valence-electron chi connectivity index (χ0n) is 17.4. The largest absolute Gasteiger partial charge is 0.512 e. The molecule has 4 nitrogen and oxygen atoms in total. The zero-order valence-corrected chi connectivity index (χ0v) is 19.7. The first kappa shape index (κ1) is 23.6. The van der Waals surface area contributed by atoms with Gasteiger partial charge in [-0.25, -0.2) is 0 Å². The van der Waals surface area contributed by atoms with E-state index in [0.29, 0.717) is 5.92 Å². The first-order valence-electron chi connectivity index (χ1n) is 9.53. The molecule has 0 aliphatic heterocycles. The minimum absolute atomic E-state index is 0. The normalized spacial score (nSPS) is 11.2. The predicted octanol–water partition coefficient (Wildman–Crippen LogP) is 6.61. The standard InChI is InChI=1S/C20H16NO.C5H8O2.Pt/c1-13(2)14-10-11-21-18(12-14)17-8-5-7-16-15-6-3-4-9-19(15)22-20(16)17;1-4(6)3-5(2)7;/h3-7,9-13H,1-2H3;3,6H,1-2H3;/q-1;;/b;4-3-;. The molecule has 0 unspecified atom stereocenters. The molecular weight excluding hydrogens is 557 g/mol. The number of rotatable bonds is 3. The van der Waals surface area contributed by atoms with Gasteiger partial charge in [-0.15, -0.1) is 18.2 Å². The summed E-state index contributed by atoms with van der Waals surface area (Å²) in [5.41, 5.74) is 4.87. The Hall–Kier alpha value is -2.71. The first-order chi connectivity index (χ1) is 13.9. The minimum atomic E-state index is -0.125. The molecule has 0 saturated carbocycles. The van der Waals surface area contributed by atoms with Crippen LogP contribution in [0.2, 0.25) is 0 Å². The third-order valence-corrected chi connectivity index (χ3v) is 4.46. The van der Waals surface area contributed by atoms with Gasteiger partial charge >= 0.3 is 0 Å². The van der Waals surface area contributed by atoms with Crippen molar-refractivity contribution in [3.63, 3.8) is 0 Å².